The number of thiophene rings is 1. The minimum absolute atomic E-state index is 0.0103. The zero-order valence-electron chi connectivity index (χ0n) is 15.9. The second-order valence-electron chi connectivity index (χ2n) is 6.64. The second kappa shape index (κ2) is 10.0. The van der Waals surface area contributed by atoms with Crippen molar-refractivity contribution in [2.24, 2.45) is 0 Å². The number of carbonyl (C=O) groups excluding carboxylic acids is 2. The Labute approximate surface area is 178 Å². The first-order valence-corrected chi connectivity index (χ1v) is 11.0. The third-order valence-electron chi connectivity index (χ3n) is 4.71. The fourth-order valence-electron chi connectivity index (χ4n) is 3.15. The van der Waals surface area contributed by atoms with Crippen molar-refractivity contribution in [1.82, 2.24) is 9.80 Å². The Bertz CT molecular complexity index is 857. The van der Waals surface area contributed by atoms with Gasteiger partial charge in [0.25, 0.3) is 0 Å². The molecular weight excluding hydrogens is 438 g/mol. The highest BCUT2D eigenvalue weighted by Crippen LogP contribution is 2.23. The molecule has 1 aliphatic rings. The van der Waals surface area contributed by atoms with E-state index >= 15 is 0 Å². The van der Waals surface area contributed by atoms with Gasteiger partial charge in [-0.1, -0.05) is 25.1 Å². The molecule has 0 bridgehead atoms. The Morgan fingerprint density at radius 3 is 2.57 bits per heavy atom. The predicted molar refractivity (Wildman–Crippen MR) is 119 cm³/mol. The van der Waals surface area contributed by atoms with Crippen LogP contribution in [-0.2, 0) is 16.0 Å². The average Bonchev–Trinajstić information content (AvgIpc) is 3.12. The van der Waals surface area contributed by atoms with Crippen molar-refractivity contribution in [2.45, 2.75) is 13.3 Å². The van der Waals surface area contributed by atoms with Crippen molar-refractivity contribution in [3.05, 3.63) is 56.7 Å². The lowest BCUT2D eigenvalue weighted by Crippen LogP contribution is -2.50. The molecule has 0 radical (unpaired) electrons. The van der Waals surface area contributed by atoms with Crippen LogP contribution in [0.15, 0.2) is 46.3 Å². The largest absolute Gasteiger partial charge is 0.337 e. The van der Waals surface area contributed by atoms with Crippen molar-refractivity contribution in [3.63, 3.8) is 0 Å². The molecule has 148 valence electrons. The van der Waals surface area contributed by atoms with Crippen LogP contribution in [0.4, 0.5) is 5.69 Å². The van der Waals surface area contributed by atoms with Crippen molar-refractivity contribution < 1.29 is 9.59 Å². The number of piperazine rings is 1. The van der Waals surface area contributed by atoms with Gasteiger partial charge in [0.2, 0.25) is 11.8 Å². The number of para-hydroxylation sites is 1. The first kappa shape index (κ1) is 20.8. The third-order valence-corrected chi connectivity index (χ3v) is 6.30. The fraction of sp³-hybridized carbons (Fsp3) is 0.333. The molecule has 1 fully saturated rings. The van der Waals surface area contributed by atoms with E-state index in [1.807, 2.05) is 47.4 Å². The Kier molecular flexibility index (Phi) is 7.42. The normalized spacial score (nSPS) is 15.1. The topological polar surface area (TPSA) is 52.7 Å². The number of aryl methyl sites for hydroxylation is 1. The van der Waals surface area contributed by atoms with E-state index < -0.39 is 0 Å². The summed E-state index contributed by atoms with van der Waals surface area (Å²) in [4.78, 5) is 29.7. The number of carbonyl (C=O) groups is 2. The number of nitrogens with one attached hydrogen (secondary N) is 1. The summed E-state index contributed by atoms with van der Waals surface area (Å²) < 4.78 is 1.05. The molecule has 0 atom stereocenters. The van der Waals surface area contributed by atoms with E-state index in [0.717, 1.165) is 26.3 Å². The van der Waals surface area contributed by atoms with Crippen LogP contribution in [0.3, 0.4) is 0 Å². The maximum atomic E-state index is 12.4. The lowest BCUT2D eigenvalue weighted by Gasteiger charge is -2.33. The molecule has 2 heterocycles. The molecule has 1 saturated heterocycles. The minimum atomic E-state index is -0.0103. The standard InChI is InChI=1S/C21H24BrN3O2S/c1-2-16-5-3-4-6-18(16)23-20(26)15-24-11-13-25(14-12-24)21(27)10-8-17-7-9-19(22)28-17/h3-10H,2,11-15H2,1H3,(H,23,26)/b10-8+. The number of halogens is 1. The molecule has 2 aromatic rings. The number of amides is 2. The lowest BCUT2D eigenvalue weighted by atomic mass is 10.1. The third kappa shape index (κ3) is 5.77. The summed E-state index contributed by atoms with van der Waals surface area (Å²) in [6.07, 6.45) is 4.36. The molecule has 0 spiro atoms. The summed E-state index contributed by atoms with van der Waals surface area (Å²) in [6.45, 7) is 5.10. The number of nitrogens with zero attached hydrogens (tertiary/aromatic N) is 2. The molecule has 1 N–H and O–H groups in total. The summed E-state index contributed by atoms with van der Waals surface area (Å²) in [6, 6.07) is 11.8. The zero-order chi connectivity index (χ0) is 19.9. The van der Waals surface area contributed by atoms with Crippen molar-refractivity contribution in [2.75, 3.05) is 38.0 Å². The summed E-state index contributed by atoms with van der Waals surface area (Å²) in [5.41, 5.74) is 2.02. The smallest absolute Gasteiger partial charge is 0.246 e. The Balaban J connectivity index is 1.45. The average molecular weight is 462 g/mol. The highest BCUT2D eigenvalue weighted by molar-refractivity contribution is 9.11. The van der Waals surface area contributed by atoms with Crippen LogP contribution in [0.1, 0.15) is 17.4 Å². The quantitative estimate of drug-likeness (QED) is 0.664. The monoisotopic (exact) mass is 461 g/mol. The zero-order valence-corrected chi connectivity index (χ0v) is 18.3. The van der Waals surface area contributed by atoms with Gasteiger partial charge < -0.3 is 10.2 Å². The van der Waals surface area contributed by atoms with Gasteiger partial charge in [-0.15, -0.1) is 11.3 Å². The van der Waals surface area contributed by atoms with Gasteiger partial charge in [0.1, 0.15) is 0 Å². The summed E-state index contributed by atoms with van der Waals surface area (Å²) in [5.74, 6) is 0.00865. The Hall–Kier alpha value is -1.96. The molecule has 7 heteroatoms. The van der Waals surface area contributed by atoms with Gasteiger partial charge in [0.05, 0.1) is 10.3 Å². The highest BCUT2D eigenvalue weighted by Gasteiger charge is 2.21. The van der Waals surface area contributed by atoms with Crippen LogP contribution in [0, 0.1) is 0 Å². The summed E-state index contributed by atoms with van der Waals surface area (Å²) >= 11 is 5.01. The van der Waals surface area contributed by atoms with E-state index in [1.165, 1.54) is 0 Å². The molecule has 5 nitrogen and oxygen atoms in total. The molecule has 0 aliphatic carbocycles. The van der Waals surface area contributed by atoms with Crippen LogP contribution >= 0.6 is 27.3 Å². The molecule has 2 amide bonds. The number of rotatable bonds is 6. The van der Waals surface area contributed by atoms with E-state index in [-0.39, 0.29) is 11.8 Å². The summed E-state index contributed by atoms with van der Waals surface area (Å²) in [5, 5.41) is 3.01. The highest BCUT2D eigenvalue weighted by atomic mass is 79.9. The number of hydrogen-bond donors (Lipinski definition) is 1. The van der Waals surface area contributed by atoms with Gasteiger partial charge >= 0.3 is 0 Å². The van der Waals surface area contributed by atoms with Crippen LogP contribution in [-0.4, -0.2) is 54.3 Å². The van der Waals surface area contributed by atoms with Gasteiger partial charge in [-0.25, -0.2) is 0 Å². The minimum Gasteiger partial charge on any atom is -0.337 e. The van der Waals surface area contributed by atoms with Gasteiger partial charge in [-0.05, 0) is 52.2 Å². The molecule has 3 rings (SSSR count). The number of anilines is 1. The van der Waals surface area contributed by atoms with Crippen LogP contribution in [0.5, 0.6) is 0 Å². The SMILES string of the molecule is CCc1ccccc1NC(=O)CN1CCN(C(=O)/C=C/c2ccc(Br)s2)CC1. The van der Waals surface area contributed by atoms with E-state index in [1.54, 1.807) is 17.4 Å². The maximum Gasteiger partial charge on any atom is 0.246 e. The van der Waals surface area contributed by atoms with E-state index in [9.17, 15) is 9.59 Å². The maximum absolute atomic E-state index is 12.4. The Morgan fingerprint density at radius 2 is 1.89 bits per heavy atom. The van der Waals surface area contributed by atoms with E-state index in [2.05, 4.69) is 33.1 Å². The predicted octanol–water partition coefficient (Wildman–Crippen LogP) is 3.87. The van der Waals surface area contributed by atoms with Crippen LogP contribution in [0.25, 0.3) is 6.08 Å². The van der Waals surface area contributed by atoms with Gasteiger partial charge in [0, 0.05) is 42.8 Å². The molecule has 0 unspecified atom stereocenters. The van der Waals surface area contributed by atoms with Crippen LogP contribution < -0.4 is 5.32 Å². The fourth-order valence-corrected chi connectivity index (χ4v) is 4.47. The molecule has 1 aromatic carbocycles. The molecule has 1 aliphatic heterocycles. The van der Waals surface area contributed by atoms with Gasteiger partial charge in [-0.3, -0.25) is 14.5 Å². The molecular formula is C21H24BrN3O2S. The van der Waals surface area contributed by atoms with Crippen molar-refractivity contribution in [3.8, 4) is 0 Å². The van der Waals surface area contributed by atoms with Gasteiger partial charge in [-0.2, -0.15) is 0 Å². The molecule has 28 heavy (non-hydrogen) atoms. The van der Waals surface area contributed by atoms with Crippen molar-refractivity contribution in [1.29, 1.82) is 0 Å². The molecule has 0 saturated carbocycles. The first-order valence-electron chi connectivity index (χ1n) is 9.37. The van der Waals surface area contributed by atoms with E-state index in [0.29, 0.717) is 32.7 Å². The lowest BCUT2D eigenvalue weighted by molar-refractivity contribution is -0.127. The second-order valence-corrected chi connectivity index (χ2v) is 9.13. The van der Waals surface area contributed by atoms with Crippen LogP contribution in [0.2, 0.25) is 0 Å². The number of benzene rings is 1. The Morgan fingerprint density at radius 1 is 1.14 bits per heavy atom. The molecule has 1 aromatic heterocycles. The number of hydrogen-bond acceptors (Lipinski definition) is 4. The van der Waals surface area contributed by atoms with E-state index in [4.69, 9.17) is 0 Å². The summed E-state index contributed by atoms with van der Waals surface area (Å²) in [7, 11) is 0. The van der Waals surface area contributed by atoms with Crippen molar-refractivity contribution >= 4 is 50.8 Å². The first-order chi connectivity index (χ1) is 13.5. The van der Waals surface area contributed by atoms with Gasteiger partial charge in [0.15, 0.2) is 0 Å².